The van der Waals surface area contributed by atoms with Crippen LogP contribution >= 0.6 is 11.8 Å². The van der Waals surface area contributed by atoms with Crippen LogP contribution in [0.25, 0.3) is 10.9 Å². The summed E-state index contributed by atoms with van der Waals surface area (Å²) in [5.74, 6) is 2.12. The normalized spacial score (nSPS) is 14.9. The Balaban J connectivity index is 1.73. The van der Waals surface area contributed by atoms with Gasteiger partial charge in [0.2, 0.25) is 5.91 Å². The van der Waals surface area contributed by atoms with E-state index >= 15 is 0 Å². The first kappa shape index (κ1) is 26.6. The molecular weight excluding hydrogens is 490 g/mol. The SMILES string of the molecule is CCOc1cc2ncc(C(N)=O)c(Nc3cccc(CNC(=O)[C@H]4CSCN4)c3CC)c2cc1OCC. The second kappa shape index (κ2) is 12.2. The summed E-state index contributed by atoms with van der Waals surface area (Å²) in [6.45, 7) is 7.21. The maximum Gasteiger partial charge on any atom is 0.252 e. The first-order chi connectivity index (χ1) is 18.0. The molecule has 196 valence electrons. The van der Waals surface area contributed by atoms with E-state index in [4.69, 9.17) is 15.2 Å². The Kier molecular flexibility index (Phi) is 8.73. The minimum Gasteiger partial charge on any atom is -0.490 e. The van der Waals surface area contributed by atoms with Gasteiger partial charge in [0.25, 0.3) is 5.91 Å². The molecule has 1 fully saturated rings. The van der Waals surface area contributed by atoms with Crippen LogP contribution in [-0.4, -0.2) is 47.7 Å². The number of pyridine rings is 1. The predicted octanol–water partition coefficient (Wildman–Crippen LogP) is 3.72. The summed E-state index contributed by atoms with van der Waals surface area (Å²) in [5, 5.41) is 10.4. The second-order valence-corrected chi connectivity index (χ2v) is 9.53. The van der Waals surface area contributed by atoms with Crippen molar-refractivity contribution in [2.75, 3.05) is 30.2 Å². The Morgan fingerprint density at radius 3 is 2.57 bits per heavy atom. The fourth-order valence-corrected chi connectivity index (χ4v) is 5.34. The Bertz CT molecular complexity index is 1290. The summed E-state index contributed by atoms with van der Waals surface area (Å²) in [5.41, 5.74) is 10.1. The summed E-state index contributed by atoms with van der Waals surface area (Å²) >= 11 is 1.71. The van der Waals surface area contributed by atoms with E-state index in [0.29, 0.717) is 47.8 Å². The van der Waals surface area contributed by atoms with Gasteiger partial charge >= 0.3 is 0 Å². The van der Waals surface area contributed by atoms with Gasteiger partial charge in [-0.3, -0.25) is 19.9 Å². The molecule has 10 heteroatoms. The largest absolute Gasteiger partial charge is 0.490 e. The molecule has 0 bridgehead atoms. The highest BCUT2D eigenvalue weighted by Gasteiger charge is 2.23. The van der Waals surface area contributed by atoms with Gasteiger partial charge in [0.1, 0.15) is 0 Å². The number of anilines is 2. The molecule has 4 rings (SSSR count). The maximum atomic E-state index is 12.5. The van der Waals surface area contributed by atoms with Gasteiger partial charge < -0.3 is 25.8 Å². The number of rotatable bonds is 11. The van der Waals surface area contributed by atoms with E-state index in [9.17, 15) is 9.59 Å². The number of nitrogens with two attached hydrogens (primary N) is 1. The van der Waals surface area contributed by atoms with Gasteiger partial charge in [0, 0.05) is 41.5 Å². The van der Waals surface area contributed by atoms with E-state index in [1.165, 1.54) is 6.20 Å². The molecule has 2 amide bonds. The lowest BCUT2D eigenvalue weighted by Crippen LogP contribution is -2.41. The molecule has 1 saturated heterocycles. The van der Waals surface area contributed by atoms with Crippen molar-refractivity contribution in [1.29, 1.82) is 0 Å². The average molecular weight is 524 g/mol. The quantitative estimate of drug-likeness (QED) is 0.300. The molecule has 1 atom stereocenters. The highest BCUT2D eigenvalue weighted by Crippen LogP contribution is 2.38. The Morgan fingerprint density at radius 1 is 1.16 bits per heavy atom. The van der Waals surface area contributed by atoms with Crippen LogP contribution in [0.4, 0.5) is 11.4 Å². The zero-order valence-electron chi connectivity index (χ0n) is 21.3. The van der Waals surface area contributed by atoms with Gasteiger partial charge in [-0.25, -0.2) is 0 Å². The summed E-state index contributed by atoms with van der Waals surface area (Å²) in [6.07, 6.45) is 2.20. The fourth-order valence-electron chi connectivity index (χ4n) is 4.40. The van der Waals surface area contributed by atoms with Crippen LogP contribution in [0.2, 0.25) is 0 Å². The van der Waals surface area contributed by atoms with Gasteiger partial charge in [-0.1, -0.05) is 19.1 Å². The molecule has 0 radical (unpaired) electrons. The zero-order chi connectivity index (χ0) is 26.4. The highest BCUT2D eigenvalue weighted by atomic mass is 32.2. The molecular formula is C27H33N5O4S. The van der Waals surface area contributed by atoms with E-state index in [1.807, 2.05) is 44.2 Å². The maximum absolute atomic E-state index is 12.5. The van der Waals surface area contributed by atoms with Crippen molar-refractivity contribution >= 4 is 45.9 Å². The molecule has 1 aromatic heterocycles. The van der Waals surface area contributed by atoms with Crippen molar-refractivity contribution in [2.45, 2.75) is 39.8 Å². The van der Waals surface area contributed by atoms with Gasteiger partial charge in [-0.05, 0) is 43.5 Å². The summed E-state index contributed by atoms with van der Waals surface area (Å²) < 4.78 is 11.6. The van der Waals surface area contributed by atoms with Gasteiger partial charge in [-0.2, -0.15) is 0 Å². The number of nitrogens with one attached hydrogen (secondary N) is 3. The van der Waals surface area contributed by atoms with Crippen molar-refractivity contribution in [3.63, 3.8) is 0 Å². The Labute approximate surface area is 220 Å². The minimum atomic E-state index is -0.591. The van der Waals surface area contributed by atoms with Crippen molar-refractivity contribution in [3.8, 4) is 11.5 Å². The van der Waals surface area contributed by atoms with Crippen LogP contribution in [0.5, 0.6) is 11.5 Å². The lowest BCUT2D eigenvalue weighted by molar-refractivity contribution is -0.122. The Morgan fingerprint density at radius 2 is 1.92 bits per heavy atom. The second-order valence-electron chi connectivity index (χ2n) is 8.50. The molecule has 1 aliphatic heterocycles. The summed E-state index contributed by atoms with van der Waals surface area (Å²) in [4.78, 5) is 29.4. The summed E-state index contributed by atoms with van der Waals surface area (Å²) in [7, 11) is 0. The molecule has 5 N–H and O–H groups in total. The number of carbonyl (C=O) groups excluding carboxylic acids is 2. The zero-order valence-corrected chi connectivity index (χ0v) is 22.2. The number of aromatic nitrogens is 1. The molecule has 2 heterocycles. The first-order valence-corrected chi connectivity index (χ1v) is 13.6. The Hall–Kier alpha value is -3.50. The number of amides is 2. The molecule has 0 saturated carbocycles. The van der Waals surface area contributed by atoms with Crippen LogP contribution in [0, 0.1) is 0 Å². The topological polar surface area (TPSA) is 128 Å². The van der Waals surface area contributed by atoms with Crippen LogP contribution in [-0.2, 0) is 17.8 Å². The van der Waals surface area contributed by atoms with Crippen LogP contribution < -0.4 is 31.2 Å². The third-order valence-corrected chi connectivity index (χ3v) is 7.11. The molecule has 9 nitrogen and oxygen atoms in total. The number of ether oxygens (including phenoxy) is 2. The van der Waals surface area contributed by atoms with Crippen molar-refractivity contribution in [3.05, 3.63) is 53.2 Å². The standard InChI is InChI=1S/C27H33N5O4S/c1-4-17-16(12-30-27(34)22-14-37-15-31-22)8-7-9-20(17)32-25-18-10-23(35-5-2)24(36-6-3)11-21(18)29-13-19(25)26(28)33/h7-11,13,22,31H,4-6,12,14-15H2,1-3H3,(H2,28,33)(H,29,32)(H,30,34)/t22-/m1/s1. The minimum absolute atomic E-state index is 0.00452. The monoisotopic (exact) mass is 523 g/mol. The van der Waals surface area contributed by atoms with Crippen LogP contribution in [0.15, 0.2) is 36.5 Å². The van der Waals surface area contributed by atoms with Crippen molar-refractivity contribution in [2.24, 2.45) is 5.73 Å². The van der Waals surface area contributed by atoms with Crippen molar-refractivity contribution in [1.82, 2.24) is 15.6 Å². The number of primary amides is 1. The first-order valence-electron chi connectivity index (χ1n) is 12.5. The number of carbonyl (C=O) groups is 2. The number of hydrogen-bond donors (Lipinski definition) is 4. The third-order valence-electron chi connectivity index (χ3n) is 6.17. The number of benzene rings is 2. The van der Waals surface area contributed by atoms with E-state index in [2.05, 4.69) is 27.9 Å². The third kappa shape index (κ3) is 5.91. The van der Waals surface area contributed by atoms with Crippen LogP contribution in [0.3, 0.4) is 0 Å². The van der Waals surface area contributed by atoms with Gasteiger partial charge in [0.15, 0.2) is 11.5 Å². The molecule has 0 aliphatic carbocycles. The number of nitrogens with zero attached hydrogens (tertiary/aromatic N) is 1. The van der Waals surface area contributed by atoms with E-state index < -0.39 is 5.91 Å². The predicted molar refractivity (Wildman–Crippen MR) is 148 cm³/mol. The molecule has 1 aliphatic rings. The van der Waals surface area contributed by atoms with E-state index in [0.717, 1.165) is 34.9 Å². The molecule has 37 heavy (non-hydrogen) atoms. The van der Waals surface area contributed by atoms with Crippen LogP contribution in [0.1, 0.15) is 42.3 Å². The van der Waals surface area contributed by atoms with Crippen molar-refractivity contribution < 1.29 is 19.1 Å². The van der Waals surface area contributed by atoms with E-state index in [-0.39, 0.29) is 17.5 Å². The average Bonchev–Trinajstić information content (AvgIpc) is 3.43. The lowest BCUT2D eigenvalue weighted by atomic mass is 10.0. The van der Waals surface area contributed by atoms with Gasteiger partial charge in [-0.15, -0.1) is 11.8 Å². The van der Waals surface area contributed by atoms with Gasteiger partial charge in [0.05, 0.1) is 36.0 Å². The number of fused-ring (bicyclic) bond motifs is 1. The summed E-state index contributed by atoms with van der Waals surface area (Å²) in [6, 6.07) is 9.35. The molecule has 0 unspecified atom stereocenters. The number of hydrogen-bond acceptors (Lipinski definition) is 8. The molecule has 3 aromatic rings. The van der Waals surface area contributed by atoms with E-state index in [1.54, 1.807) is 11.8 Å². The highest BCUT2D eigenvalue weighted by molar-refractivity contribution is 7.99. The number of thioether (sulfide) groups is 1. The smallest absolute Gasteiger partial charge is 0.252 e. The molecule has 2 aromatic carbocycles. The molecule has 0 spiro atoms. The fraction of sp³-hybridized carbons (Fsp3) is 0.370. The lowest BCUT2D eigenvalue weighted by Gasteiger charge is -2.20.